The molecule has 2 rings (SSSR count). The van der Waals surface area contributed by atoms with E-state index in [9.17, 15) is 4.79 Å². The molecule has 2 N–H and O–H groups in total. The van der Waals surface area contributed by atoms with Crippen molar-refractivity contribution in [3.8, 4) is 0 Å². The Hall–Kier alpha value is -1.88. The number of nitrogens with two attached hydrogens (primary N) is 1. The van der Waals surface area contributed by atoms with Gasteiger partial charge in [-0.15, -0.1) is 0 Å². The van der Waals surface area contributed by atoms with Crippen LogP contribution in [0.25, 0.3) is 11.0 Å². The van der Waals surface area contributed by atoms with Crippen LogP contribution in [0, 0.1) is 0 Å². The van der Waals surface area contributed by atoms with Crippen molar-refractivity contribution in [2.24, 2.45) is 5.73 Å². The second kappa shape index (κ2) is 4.78. The van der Waals surface area contributed by atoms with Gasteiger partial charge in [0, 0.05) is 12.4 Å². The number of amides is 1. The number of hydrogen-bond acceptors (Lipinski definition) is 3. The minimum Gasteiger partial charge on any atom is -0.451 e. The Balaban J connectivity index is 2.31. The molecule has 0 saturated heterocycles. The fraction of sp³-hybridized carbons (Fsp3) is 0.231. The second-order valence-corrected chi connectivity index (χ2v) is 4.61. The maximum absolute atomic E-state index is 12.2. The van der Waals surface area contributed by atoms with Crippen LogP contribution in [-0.4, -0.2) is 28.9 Å². The molecule has 0 bridgehead atoms. The number of hydrogen-bond donors (Lipinski definition) is 1. The van der Waals surface area contributed by atoms with E-state index in [4.69, 9.17) is 22.4 Å². The molecule has 18 heavy (non-hydrogen) atoms. The smallest absolute Gasteiger partial charge is 0.289 e. The Morgan fingerprint density at radius 2 is 2.11 bits per heavy atom. The number of furan rings is 1. The molecular weight excluding hydrogens is 248 g/mol. The van der Waals surface area contributed by atoms with Gasteiger partial charge in [0.25, 0.3) is 5.91 Å². The monoisotopic (exact) mass is 262 g/mol. The van der Waals surface area contributed by atoms with Gasteiger partial charge in [-0.05, 0) is 19.1 Å². The molecule has 0 fully saturated rings. The summed E-state index contributed by atoms with van der Waals surface area (Å²) in [6, 6.07) is 8.89. The third kappa shape index (κ3) is 2.22. The van der Waals surface area contributed by atoms with Crippen LogP contribution in [0.2, 0.25) is 0 Å². The van der Waals surface area contributed by atoms with Crippen molar-refractivity contribution in [2.45, 2.75) is 13.0 Å². The molecule has 2 aromatic rings. The summed E-state index contributed by atoms with van der Waals surface area (Å²) < 4.78 is 5.51. The summed E-state index contributed by atoms with van der Waals surface area (Å²) in [7, 11) is 1.65. The lowest BCUT2D eigenvalue weighted by atomic mass is 10.2. The van der Waals surface area contributed by atoms with Crippen LogP contribution in [-0.2, 0) is 0 Å². The summed E-state index contributed by atoms with van der Waals surface area (Å²) in [6.45, 7) is 1.78. The molecule has 1 aromatic carbocycles. The molecule has 0 saturated carbocycles. The molecule has 94 valence electrons. The van der Waals surface area contributed by atoms with Crippen LogP contribution in [0.4, 0.5) is 0 Å². The molecule has 1 heterocycles. The summed E-state index contributed by atoms with van der Waals surface area (Å²) in [4.78, 5) is 13.9. The first-order valence-corrected chi connectivity index (χ1v) is 5.96. The molecule has 0 aliphatic rings. The largest absolute Gasteiger partial charge is 0.451 e. The summed E-state index contributed by atoms with van der Waals surface area (Å²) in [5.74, 6) is 0.0632. The maximum Gasteiger partial charge on any atom is 0.289 e. The van der Waals surface area contributed by atoms with E-state index in [1.54, 1.807) is 20.0 Å². The van der Waals surface area contributed by atoms with Crippen LogP contribution >= 0.6 is 12.2 Å². The quantitative estimate of drug-likeness (QED) is 0.861. The van der Waals surface area contributed by atoms with Gasteiger partial charge in [0.05, 0.1) is 11.0 Å². The number of thiocarbonyl (C=S) groups is 1. The molecule has 1 amide bonds. The van der Waals surface area contributed by atoms with E-state index in [0.717, 1.165) is 5.39 Å². The number of benzene rings is 1. The number of carbonyl (C=O) groups is 1. The standard InChI is InChI=1S/C13H14N2O2S/c1-8(12(14)18)15(2)13(16)11-7-9-5-3-4-6-10(9)17-11/h3-8H,1-2H3,(H2,14,18). The van der Waals surface area contributed by atoms with E-state index in [1.807, 2.05) is 24.3 Å². The van der Waals surface area contributed by atoms with Crippen LogP contribution in [0.3, 0.4) is 0 Å². The highest BCUT2D eigenvalue weighted by Crippen LogP contribution is 2.20. The zero-order chi connectivity index (χ0) is 13.3. The highest BCUT2D eigenvalue weighted by molar-refractivity contribution is 7.80. The van der Waals surface area contributed by atoms with Crippen LogP contribution in [0.5, 0.6) is 0 Å². The van der Waals surface area contributed by atoms with E-state index < -0.39 is 0 Å². The zero-order valence-corrected chi connectivity index (χ0v) is 11.0. The average Bonchev–Trinajstić information content (AvgIpc) is 2.79. The third-order valence-electron chi connectivity index (χ3n) is 2.95. The molecule has 1 unspecified atom stereocenters. The Bertz CT molecular complexity index is 573. The molecule has 0 spiro atoms. The van der Waals surface area contributed by atoms with Crippen LogP contribution < -0.4 is 5.73 Å². The molecule has 1 atom stereocenters. The Morgan fingerprint density at radius 3 is 2.72 bits per heavy atom. The van der Waals surface area contributed by atoms with Gasteiger partial charge in [0.2, 0.25) is 0 Å². The molecule has 0 aliphatic carbocycles. The zero-order valence-electron chi connectivity index (χ0n) is 10.2. The predicted octanol–water partition coefficient (Wildman–Crippen LogP) is 2.18. The fourth-order valence-corrected chi connectivity index (χ4v) is 1.79. The van der Waals surface area contributed by atoms with Gasteiger partial charge in [-0.25, -0.2) is 0 Å². The minimum absolute atomic E-state index is 0.230. The highest BCUT2D eigenvalue weighted by atomic mass is 32.1. The number of likely N-dealkylation sites (N-methyl/N-ethyl adjacent to an activating group) is 1. The number of nitrogens with zero attached hydrogens (tertiary/aromatic N) is 1. The van der Waals surface area contributed by atoms with E-state index in [2.05, 4.69) is 0 Å². The van der Waals surface area contributed by atoms with Gasteiger partial charge in [-0.2, -0.15) is 0 Å². The van der Waals surface area contributed by atoms with Gasteiger partial charge in [0.15, 0.2) is 5.76 Å². The molecule has 5 heteroatoms. The summed E-state index contributed by atoms with van der Waals surface area (Å²) in [5.41, 5.74) is 6.23. The Labute approximate surface area is 110 Å². The van der Waals surface area contributed by atoms with Crippen molar-refractivity contribution in [3.05, 3.63) is 36.1 Å². The van der Waals surface area contributed by atoms with E-state index in [-0.39, 0.29) is 16.9 Å². The molecule has 4 nitrogen and oxygen atoms in total. The molecular formula is C13H14N2O2S. The summed E-state index contributed by atoms with van der Waals surface area (Å²) in [6.07, 6.45) is 0. The van der Waals surface area contributed by atoms with Crippen LogP contribution in [0.15, 0.2) is 34.7 Å². The first-order valence-electron chi connectivity index (χ1n) is 5.55. The van der Waals surface area contributed by atoms with E-state index in [0.29, 0.717) is 11.3 Å². The number of carbonyl (C=O) groups excluding carboxylic acids is 1. The van der Waals surface area contributed by atoms with Gasteiger partial charge in [-0.3, -0.25) is 4.79 Å². The lowest BCUT2D eigenvalue weighted by molar-refractivity contribution is 0.0749. The van der Waals surface area contributed by atoms with Gasteiger partial charge < -0.3 is 15.1 Å². The topological polar surface area (TPSA) is 59.5 Å². The third-order valence-corrected chi connectivity index (χ3v) is 3.29. The lowest BCUT2D eigenvalue weighted by Crippen LogP contribution is -2.42. The molecule has 0 aliphatic heterocycles. The second-order valence-electron chi connectivity index (χ2n) is 4.14. The number of para-hydroxylation sites is 1. The lowest BCUT2D eigenvalue weighted by Gasteiger charge is -2.22. The normalized spacial score (nSPS) is 12.3. The van der Waals surface area contributed by atoms with Gasteiger partial charge in [0.1, 0.15) is 5.58 Å². The van der Waals surface area contributed by atoms with Crippen molar-refractivity contribution in [1.82, 2.24) is 4.90 Å². The molecule has 0 radical (unpaired) electrons. The van der Waals surface area contributed by atoms with Crippen molar-refractivity contribution < 1.29 is 9.21 Å². The van der Waals surface area contributed by atoms with Gasteiger partial charge >= 0.3 is 0 Å². The highest BCUT2D eigenvalue weighted by Gasteiger charge is 2.22. The van der Waals surface area contributed by atoms with Gasteiger partial charge in [-0.1, -0.05) is 30.4 Å². The number of rotatable bonds is 3. The minimum atomic E-state index is -0.305. The fourth-order valence-electron chi connectivity index (χ4n) is 1.63. The summed E-state index contributed by atoms with van der Waals surface area (Å²) >= 11 is 4.88. The van der Waals surface area contributed by atoms with E-state index >= 15 is 0 Å². The molecule has 1 aromatic heterocycles. The first kappa shape index (κ1) is 12.6. The Morgan fingerprint density at radius 1 is 1.44 bits per heavy atom. The maximum atomic E-state index is 12.2. The van der Waals surface area contributed by atoms with E-state index in [1.165, 1.54) is 4.90 Å². The van der Waals surface area contributed by atoms with Crippen molar-refractivity contribution in [1.29, 1.82) is 0 Å². The van der Waals surface area contributed by atoms with Crippen molar-refractivity contribution in [2.75, 3.05) is 7.05 Å². The van der Waals surface area contributed by atoms with Crippen molar-refractivity contribution >= 4 is 34.1 Å². The van der Waals surface area contributed by atoms with Crippen LogP contribution in [0.1, 0.15) is 17.5 Å². The number of fused-ring (bicyclic) bond motifs is 1. The van der Waals surface area contributed by atoms with Crippen molar-refractivity contribution in [3.63, 3.8) is 0 Å². The Kier molecular flexibility index (Phi) is 3.34. The summed E-state index contributed by atoms with van der Waals surface area (Å²) in [5, 5.41) is 0.900. The SMILES string of the molecule is CC(C(N)=S)N(C)C(=O)c1cc2ccccc2o1. The predicted molar refractivity (Wildman–Crippen MR) is 74.6 cm³/mol. The average molecular weight is 262 g/mol. The first-order chi connectivity index (χ1) is 8.50.